The van der Waals surface area contributed by atoms with Crippen molar-refractivity contribution in [3.63, 3.8) is 0 Å². The highest BCUT2D eigenvalue weighted by molar-refractivity contribution is 4.76. The molecule has 0 aromatic carbocycles. The molecule has 1 heterocycles. The van der Waals surface area contributed by atoms with E-state index in [-0.39, 0.29) is 6.61 Å². The van der Waals surface area contributed by atoms with E-state index in [0.717, 1.165) is 38.9 Å². The van der Waals surface area contributed by atoms with E-state index in [1.807, 2.05) is 0 Å². The maximum absolute atomic E-state index is 8.66. The van der Waals surface area contributed by atoms with Gasteiger partial charge in [-0.15, -0.1) is 0 Å². The summed E-state index contributed by atoms with van der Waals surface area (Å²) >= 11 is 0. The predicted molar refractivity (Wildman–Crippen MR) is 60.8 cm³/mol. The van der Waals surface area contributed by atoms with Crippen LogP contribution in [0.1, 0.15) is 26.2 Å². The molecule has 0 spiro atoms. The van der Waals surface area contributed by atoms with Crippen LogP contribution < -0.4 is 5.73 Å². The van der Waals surface area contributed by atoms with Crippen molar-refractivity contribution in [2.75, 3.05) is 32.8 Å². The number of nitrogens with zero attached hydrogens (tertiary/aromatic N) is 1. The number of rotatable bonds is 6. The predicted octanol–water partition coefficient (Wildman–Crippen LogP) is 0.197. The minimum absolute atomic E-state index is 0.129. The lowest BCUT2D eigenvalue weighted by Crippen LogP contribution is -2.43. The van der Waals surface area contributed by atoms with Gasteiger partial charge in [0, 0.05) is 19.1 Å². The number of nitrogens with two attached hydrogens (primary N) is 1. The van der Waals surface area contributed by atoms with E-state index in [0.29, 0.717) is 18.8 Å². The molecule has 0 saturated carbocycles. The Labute approximate surface area is 92.4 Å². The standard InChI is InChI=1S/C11H24N2O2/c1-10(2-5-12)13-6-3-11(4-7-13)15-9-8-14/h10-11,14H,2-9,12H2,1H3. The Morgan fingerprint density at radius 1 is 1.47 bits per heavy atom. The smallest absolute Gasteiger partial charge is 0.0701 e. The van der Waals surface area contributed by atoms with Gasteiger partial charge in [0.25, 0.3) is 0 Å². The monoisotopic (exact) mass is 216 g/mol. The van der Waals surface area contributed by atoms with Gasteiger partial charge < -0.3 is 20.5 Å². The Morgan fingerprint density at radius 3 is 2.67 bits per heavy atom. The summed E-state index contributed by atoms with van der Waals surface area (Å²) < 4.78 is 5.52. The Hall–Kier alpha value is -0.160. The molecule has 4 heteroatoms. The maximum Gasteiger partial charge on any atom is 0.0701 e. The van der Waals surface area contributed by atoms with Gasteiger partial charge in [0.2, 0.25) is 0 Å². The summed E-state index contributed by atoms with van der Waals surface area (Å²) in [6.45, 7) is 5.80. The zero-order valence-electron chi connectivity index (χ0n) is 9.69. The fraction of sp³-hybridized carbons (Fsp3) is 1.00. The summed E-state index contributed by atoms with van der Waals surface area (Å²) in [4.78, 5) is 2.48. The van der Waals surface area contributed by atoms with Crippen LogP contribution >= 0.6 is 0 Å². The van der Waals surface area contributed by atoms with Crippen molar-refractivity contribution in [2.24, 2.45) is 5.73 Å². The first-order valence-corrected chi connectivity index (χ1v) is 5.94. The Balaban J connectivity index is 2.17. The quantitative estimate of drug-likeness (QED) is 0.666. The summed E-state index contributed by atoms with van der Waals surface area (Å²) in [5.74, 6) is 0. The van der Waals surface area contributed by atoms with Gasteiger partial charge in [-0.2, -0.15) is 0 Å². The molecule has 0 aromatic heterocycles. The van der Waals surface area contributed by atoms with E-state index in [2.05, 4.69) is 11.8 Å². The molecule has 1 aliphatic heterocycles. The first kappa shape index (κ1) is 12.9. The van der Waals surface area contributed by atoms with E-state index in [9.17, 15) is 0 Å². The third-order valence-corrected chi connectivity index (χ3v) is 3.13. The van der Waals surface area contributed by atoms with Crippen LogP contribution in [-0.4, -0.2) is 55.0 Å². The zero-order valence-corrected chi connectivity index (χ0v) is 9.69. The zero-order chi connectivity index (χ0) is 11.1. The summed E-state index contributed by atoms with van der Waals surface area (Å²) in [6, 6.07) is 0.591. The summed E-state index contributed by atoms with van der Waals surface area (Å²) in [7, 11) is 0. The number of aliphatic hydroxyl groups is 1. The van der Waals surface area contributed by atoms with E-state index in [1.54, 1.807) is 0 Å². The molecule has 1 aliphatic rings. The molecule has 0 radical (unpaired) electrons. The Bertz CT molecular complexity index is 159. The maximum atomic E-state index is 8.66. The molecule has 0 aromatic rings. The lowest BCUT2D eigenvalue weighted by atomic mass is 10.0. The molecule has 15 heavy (non-hydrogen) atoms. The average Bonchev–Trinajstić information content (AvgIpc) is 2.27. The van der Waals surface area contributed by atoms with Crippen molar-refractivity contribution < 1.29 is 9.84 Å². The number of piperidine rings is 1. The van der Waals surface area contributed by atoms with Gasteiger partial charge in [-0.1, -0.05) is 0 Å². The summed E-state index contributed by atoms with van der Waals surface area (Å²) in [6.07, 6.45) is 3.57. The van der Waals surface area contributed by atoms with Gasteiger partial charge >= 0.3 is 0 Å². The second-order valence-corrected chi connectivity index (χ2v) is 4.26. The van der Waals surface area contributed by atoms with E-state index in [1.165, 1.54) is 0 Å². The van der Waals surface area contributed by atoms with Gasteiger partial charge in [0.05, 0.1) is 19.3 Å². The minimum Gasteiger partial charge on any atom is -0.394 e. The number of hydrogen-bond donors (Lipinski definition) is 2. The minimum atomic E-state index is 0.129. The number of ether oxygens (including phenoxy) is 1. The van der Waals surface area contributed by atoms with Crippen molar-refractivity contribution in [1.82, 2.24) is 4.90 Å². The van der Waals surface area contributed by atoms with Crippen LogP contribution in [0, 0.1) is 0 Å². The van der Waals surface area contributed by atoms with Crippen LogP contribution in [0.2, 0.25) is 0 Å². The second-order valence-electron chi connectivity index (χ2n) is 4.26. The van der Waals surface area contributed by atoms with E-state index >= 15 is 0 Å². The van der Waals surface area contributed by atoms with Gasteiger partial charge in [-0.25, -0.2) is 0 Å². The van der Waals surface area contributed by atoms with Crippen molar-refractivity contribution in [1.29, 1.82) is 0 Å². The average molecular weight is 216 g/mol. The lowest BCUT2D eigenvalue weighted by molar-refractivity contribution is -0.0142. The molecule has 0 bridgehead atoms. The summed E-state index contributed by atoms with van der Waals surface area (Å²) in [5, 5.41) is 8.66. The lowest BCUT2D eigenvalue weighted by Gasteiger charge is -2.35. The van der Waals surface area contributed by atoms with Crippen molar-refractivity contribution in [2.45, 2.75) is 38.3 Å². The highest BCUT2D eigenvalue weighted by atomic mass is 16.5. The molecule has 0 aliphatic carbocycles. The molecule has 4 nitrogen and oxygen atoms in total. The van der Waals surface area contributed by atoms with Crippen molar-refractivity contribution >= 4 is 0 Å². The topological polar surface area (TPSA) is 58.7 Å². The van der Waals surface area contributed by atoms with Gasteiger partial charge in [0.1, 0.15) is 0 Å². The molecule has 3 N–H and O–H groups in total. The van der Waals surface area contributed by atoms with Crippen LogP contribution in [0.25, 0.3) is 0 Å². The van der Waals surface area contributed by atoms with Crippen LogP contribution in [-0.2, 0) is 4.74 Å². The highest BCUT2D eigenvalue weighted by Crippen LogP contribution is 2.16. The Morgan fingerprint density at radius 2 is 2.13 bits per heavy atom. The molecule has 1 unspecified atom stereocenters. The normalized spacial score (nSPS) is 21.8. The van der Waals surface area contributed by atoms with Gasteiger partial charge in [-0.3, -0.25) is 0 Å². The van der Waals surface area contributed by atoms with E-state index < -0.39 is 0 Å². The third kappa shape index (κ3) is 4.47. The van der Waals surface area contributed by atoms with Crippen molar-refractivity contribution in [3.05, 3.63) is 0 Å². The number of aliphatic hydroxyl groups excluding tert-OH is 1. The molecular formula is C11H24N2O2. The SMILES string of the molecule is CC(CCN)N1CCC(OCCO)CC1. The van der Waals surface area contributed by atoms with Crippen LogP contribution in [0.4, 0.5) is 0 Å². The molecule has 90 valence electrons. The molecule has 0 amide bonds. The number of likely N-dealkylation sites (tertiary alicyclic amines) is 1. The fourth-order valence-corrected chi connectivity index (χ4v) is 2.13. The third-order valence-electron chi connectivity index (χ3n) is 3.13. The molecule has 1 atom stereocenters. The van der Waals surface area contributed by atoms with E-state index in [4.69, 9.17) is 15.6 Å². The van der Waals surface area contributed by atoms with Crippen LogP contribution in [0.15, 0.2) is 0 Å². The highest BCUT2D eigenvalue weighted by Gasteiger charge is 2.22. The largest absolute Gasteiger partial charge is 0.394 e. The molecule has 1 fully saturated rings. The first-order valence-electron chi connectivity index (χ1n) is 5.94. The summed E-state index contributed by atoms with van der Waals surface area (Å²) in [5.41, 5.74) is 5.55. The molecular weight excluding hydrogens is 192 g/mol. The van der Waals surface area contributed by atoms with Gasteiger partial charge in [-0.05, 0) is 32.7 Å². The first-order chi connectivity index (χ1) is 7.27. The van der Waals surface area contributed by atoms with Gasteiger partial charge in [0.15, 0.2) is 0 Å². The molecule has 1 saturated heterocycles. The Kier molecular flexibility index (Phi) is 6.17. The van der Waals surface area contributed by atoms with Crippen LogP contribution in [0.3, 0.4) is 0 Å². The fourth-order valence-electron chi connectivity index (χ4n) is 2.13. The van der Waals surface area contributed by atoms with Crippen LogP contribution in [0.5, 0.6) is 0 Å². The second kappa shape index (κ2) is 7.17. The van der Waals surface area contributed by atoms with Crippen molar-refractivity contribution in [3.8, 4) is 0 Å². The number of hydrogen-bond acceptors (Lipinski definition) is 4. The molecule has 1 rings (SSSR count).